The largest absolute Gasteiger partial charge is 0.366 e. The minimum absolute atomic E-state index is 0.0203. The molecule has 1 amide bonds. The number of aromatic nitrogens is 1. The SMILES string of the molecule is CCc1ccccc1N(C(C)=O)c1nc(CN(CC)c2ccccc2C)cs1. The van der Waals surface area contributed by atoms with E-state index in [9.17, 15) is 4.79 Å². The Morgan fingerprint density at radius 3 is 2.36 bits per heavy atom. The molecule has 0 saturated carbocycles. The Hall–Kier alpha value is -2.66. The molecular weight excluding hydrogens is 366 g/mol. The zero-order chi connectivity index (χ0) is 20.1. The molecule has 3 rings (SSSR count). The highest BCUT2D eigenvalue weighted by atomic mass is 32.1. The molecule has 0 unspecified atom stereocenters. The summed E-state index contributed by atoms with van der Waals surface area (Å²) in [4.78, 5) is 21.3. The molecule has 0 bridgehead atoms. The number of para-hydroxylation sites is 2. The second-order valence-corrected chi connectivity index (χ2v) is 7.60. The minimum Gasteiger partial charge on any atom is -0.366 e. The molecule has 0 saturated heterocycles. The van der Waals surface area contributed by atoms with Crippen LogP contribution in [0.15, 0.2) is 53.9 Å². The Kier molecular flexibility index (Phi) is 6.47. The predicted octanol–water partition coefficient (Wildman–Crippen LogP) is 5.73. The number of nitrogens with zero attached hydrogens (tertiary/aromatic N) is 3. The van der Waals surface area contributed by atoms with Crippen molar-refractivity contribution in [3.05, 3.63) is 70.7 Å². The van der Waals surface area contributed by atoms with Crippen LogP contribution in [0.4, 0.5) is 16.5 Å². The lowest BCUT2D eigenvalue weighted by molar-refractivity contribution is -0.115. The van der Waals surface area contributed by atoms with E-state index in [2.05, 4.69) is 61.4 Å². The van der Waals surface area contributed by atoms with Gasteiger partial charge in [0.05, 0.1) is 17.9 Å². The second kappa shape index (κ2) is 9.02. The molecule has 0 aliphatic rings. The zero-order valence-electron chi connectivity index (χ0n) is 17.0. The monoisotopic (exact) mass is 393 g/mol. The fourth-order valence-electron chi connectivity index (χ4n) is 3.39. The first-order valence-corrected chi connectivity index (χ1v) is 10.6. The highest BCUT2D eigenvalue weighted by Crippen LogP contribution is 2.32. The van der Waals surface area contributed by atoms with Crippen LogP contribution in [0.5, 0.6) is 0 Å². The molecule has 0 aliphatic carbocycles. The first-order chi connectivity index (χ1) is 13.5. The van der Waals surface area contributed by atoms with Crippen LogP contribution in [0.1, 0.15) is 37.6 Å². The fourth-order valence-corrected chi connectivity index (χ4v) is 4.26. The minimum atomic E-state index is -0.0203. The Morgan fingerprint density at radius 2 is 1.71 bits per heavy atom. The van der Waals surface area contributed by atoms with Crippen molar-refractivity contribution in [2.75, 3.05) is 16.3 Å². The van der Waals surface area contributed by atoms with Crippen molar-refractivity contribution < 1.29 is 4.79 Å². The molecule has 1 heterocycles. The maximum absolute atomic E-state index is 12.4. The second-order valence-electron chi connectivity index (χ2n) is 6.76. The van der Waals surface area contributed by atoms with Gasteiger partial charge >= 0.3 is 0 Å². The van der Waals surface area contributed by atoms with Crippen molar-refractivity contribution in [3.8, 4) is 0 Å². The van der Waals surface area contributed by atoms with Crippen molar-refractivity contribution >= 4 is 33.8 Å². The number of benzene rings is 2. The van der Waals surface area contributed by atoms with Gasteiger partial charge in [-0.25, -0.2) is 4.98 Å². The van der Waals surface area contributed by atoms with E-state index in [1.54, 1.807) is 11.8 Å². The van der Waals surface area contributed by atoms with Gasteiger partial charge in [-0.05, 0) is 43.5 Å². The zero-order valence-corrected chi connectivity index (χ0v) is 17.8. The molecular formula is C23H27N3OS. The van der Waals surface area contributed by atoms with E-state index in [-0.39, 0.29) is 5.91 Å². The molecule has 0 radical (unpaired) electrons. The third kappa shape index (κ3) is 4.25. The van der Waals surface area contributed by atoms with Gasteiger partial charge in [-0.15, -0.1) is 11.3 Å². The van der Waals surface area contributed by atoms with Gasteiger partial charge in [0.15, 0.2) is 5.13 Å². The third-order valence-electron chi connectivity index (χ3n) is 4.85. The molecule has 28 heavy (non-hydrogen) atoms. The Balaban J connectivity index is 1.89. The highest BCUT2D eigenvalue weighted by Gasteiger charge is 2.20. The van der Waals surface area contributed by atoms with E-state index in [1.165, 1.54) is 22.6 Å². The van der Waals surface area contributed by atoms with Crippen molar-refractivity contribution in [2.24, 2.45) is 0 Å². The number of aryl methyl sites for hydroxylation is 2. The number of thiazole rings is 1. The van der Waals surface area contributed by atoms with E-state index in [0.29, 0.717) is 0 Å². The summed E-state index contributed by atoms with van der Waals surface area (Å²) in [7, 11) is 0. The van der Waals surface area contributed by atoms with Crippen molar-refractivity contribution in [2.45, 2.75) is 40.7 Å². The van der Waals surface area contributed by atoms with Crippen LogP contribution < -0.4 is 9.80 Å². The Labute approximate surface area is 171 Å². The molecule has 2 aromatic carbocycles. The first-order valence-electron chi connectivity index (χ1n) is 9.68. The van der Waals surface area contributed by atoms with Gasteiger partial charge in [0.1, 0.15) is 0 Å². The van der Waals surface area contributed by atoms with Crippen LogP contribution in [-0.4, -0.2) is 17.4 Å². The summed E-state index contributed by atoms with van der Waals surface area (Å²) in [5, 5.41) is 2.78. The average molecular weight is 394 g/mol. The summed E-state index contributed by atoms with van der Waals surface area (Å²) in [6, 6.07) is 16.4. The first kappa shape index (κ1) is 20.1. The number of carbonyl (C=O) groups is 1. The molecule has 146 valence electrons. The van der Waals surface area contributed by atoms with E-state index in [1.807, 2.05) is 18.2 Å². The van der Waals surface area contributed by atoms with Crippen molar-refractivity contribution in [1.29, 1.82) is 0 Å². The summed E-state index contributed by atoms with van der Waals surface area (Å²) in [5.41, 5.74) is 5.51. The van der Waals surface area contributed by atoms with Crippen LogP contribution in [0.25, 0.3) is 0 Å². The molecule has 0 fully saturated rings. The molecule has 0 atom stereocenters. The lowest BCUT2D eigenvalue weighted by Gasteiger charge is -2.24. The molecule has 0 aliphatic heterocycles. The molecule has 1 aromatic heterocycles. The highest BCUT2D eigenvalue weighted by molar-refractivity contribution is 7.14. The van der Waals surface area contributed by atoms with Gasteiger partial charge < -0.3 is 4.90 Å². The average Bonchev–Trinajstić information content (AvgIpc) is 3.15. The van der Waals surface area contributed by atoms with Gasteiger partial charge in [-0.2, -0.15) is 0 Å². The van der Waals surface area contributed by atoms with Crippen molar-refractivity contribution in [1.82, 2.24) is 4.98 Å². The third-order valence-corrected chi connectivity index (χ3v) is 5.72. The van der Waals surface area contributed by atoms with Gasteiger partial charge in [0.25, 0.3) is 0 Å². The number of rotatable bonds is 7. The number of anilines is 3. The van der Waals surface area contributed by atoms with Gasteiger partial charge in [-0.3, -0.25) is 9.69 Å². The molecule has 4 nitrogen and oxygen atoms in total. The smallest absolute Gasteiger partial charge is 0.230 e. The van der Waals surface area contributed by atoms with Crippen LogP contribution in [0, 0.1) is 6.92 Å². The fraction of sp³-hybridized carbons (Fsp3) is 0.304. The number of hydrogen-bond donors (Lipinski definition) is 0. The molecule has 3 aromatic rings. The maximum Gasteiger partial charge on any atom is 0.230 e. The number of carbonyl (C=O) groups excluding carboxylic acids is 1. The van der Waals surface area contributed by atoms with Gasteiger partial charge in [0.2, 0.25) is 5.91 Å². The predicted molar refractivity (Wildman–Crippen MR) is 119 cm³/mol. The van der Waals surface area contributed by atoms with Gasteiger partial charge in [-0.1, -0.05) is 43.3 Å². The van der Waals surface area contributed by atoms with Crippen LogP contribution in [-0.2, 0) is 17.8 Å². The standard InChI is InChI=1S/C23H27N3OS/c1-5-19-12-8-10-14-22(19)26(18(4)27)23-24-20(16-28-23)15-25(6-2)21-13-9-7-11-17(21)3/h7-14,16H,5-6,15H2,1-4H3. The number of hydrogen-bond acceptors (Lipinski definition) is 4. The maximum atomic E-state index is 12.4. The molecule has 0 N–H and O–H groups in total. The van der Waals surface area contributed by atoms with Crippen molar-refractivity contribution in [3.63, 3.8) is 0 Å². The summed E-state index contributed by atoms with van der Waals surface area (Å²) < 4.78 is 0. The van der Waals surface area contributed by atoms with E-state index in [4.69, 9.17) is 4.98 Å². The summed E-state index contributed by atoms with van der Waals surface area (Å²) >= 11 is 1.52. The van der Waals surface area contributed by atoms with Crippen LogP contribution in [0.3, 0.4) is 0 Å². The van der Waals surface area contributed by atoms with E-state index < -0.39 is 0 Å². The van der Waals surface area contributed by atoms with E-state index in [0.717, 1.165) is 41.6 Å². The Morgan fingerprint density at radius 1 is 1.04 bits per heavy atom. The quantitative estimate of drug-likeness (QED) is 0.515. The topological polar surface area (TPSA) is 36.4 Å². The van der Waals surface area contributed by atoms with E-state index >= 15 is 0 Å². The molecule has 0 spiro atoms. The van der Waals surface area contributed by atoms with Gasteiger partial charge in [0, 0.05) is 24.5 Å². The number of amides is 1. The van der Waals surface area contributed by atoms with Crippen LogP contribution in [0.2, 0.25) is 0 Å². The lowest BCUT2D eigenvalue weighted by Crippen LogP contribution is -2.25. The normalized spacial score (nSPS) is 10.7. The summed E-state index contributed by atoms with van der Waals surface area (Å²) in [6.45, 7) is 9.60. The van der Waals surface area contributed by atoms with Crippen LogP contribution >= 0.6 is 11.3 Å². The summed E-state index contributed by atoms with van der Waals surface area (Å²) in [5.74, 6) is -0.0203. The molecule has 5 heteroatoms. The lowest BCUT2D eigenvalue weighted by atomic mass is 10.1. The Bertz CT molecular complexity index is 950. The summed E-state index contributed by atoms with van der Waals surface area (Å²) in [6.07, 6.45) is 0.870.